The third kappa shape index (κ3) is 3.33. The number of aromatic nitrogens is 1. The molecule has 0 aromatic carbocycles. The average Bonchev–Trinajstić information content (AvgIpc) is 3.34. The molecule has 3 unspecified atom stereocenters. The minimum atomic E-state index is -3.40. The molecular formula is C20H31N5O4S. The number of ether oxygens (including phenoxy) is 1. The second kappa shape index (κ2) is 7.80. The summed E-state index contributed by atoms with van der Waals surface area (Å²) in [6.45, 7) is 5.80. The first-order valence-corrected chi connectivity index (χ1v) is 12.7. The molecule has 3 atom stereocenters. The van der Waals surface area contributed by atoms with Crippen molar-refractivity contribution >= 4 is 16.0 Å². The third-order valence-corrected chi connectivity index (χ3v) is 9.19. The van der Waals surface area contributed by atoms with E-state index in [1.54, 1.807) is 10.4 Å². The Morgan fingerprint density at radius 2 is 2.13 bits per heavy atom. The number of nitrogens with one attached hydrogen (secondary N) is 1. The Kier molecular flexibility index (Phi) is 5.27. The topological polar surface area (TPSA) is 100 Å². The Hall–Kier alpha value is -1.65. The maximum Gasteiger partial charge on any atom is 0.220 e. The van der Waals surface area contributed by atoms with Crippen LogP contribution in [-0.4, -0.2) is 80.2 Å². The van der Waals surface area contributed by atoms with E-state index in [-0.39, 0.29) is 5.75 Å². The minimum absolute atomic E-state index is 0.120. The largest absolute Gasteiger partial charge is 0.377 e. The van der Waals surface area contributed by atoms with Crippen LogP contribution < -0.4 is 5.32 Å². The standard InChI is InChI=1S/C20H31N5O4S/c1-2-21-19(22-17-16-5-12-28-18(16)20(17)6-3-7-20)24-8-10-25(11-9-24)30(26,27)14-15-4-13-29-23-15/h4,13,16-18H,2-3,5-12,14H2,1H3,(H,21,22). The second-order valence-corrected chi connectivity index (χ2v) is 10.9. The summed E-state index contributed by atoms with van der Waals surface area (Å²) in [5.74, 6) is 1.38. The smallest absolute Gasteiger partial charge is 0.220 e. The number of sulfonamides is 1. The second-order valence-electron chi connectivity index (χ2n) is 8.88. The quantitative estimate of drug-likeness (QED) is 0.543. The summed E-state index contributed by atoms with van der Waals surface area (Å²) < 4.78 is 37.8. The number of piperazine rings is 1. The summed E-state index contributed by atoms with van der Waals surface area (Å²) in [4.78, 5) is 6.97. The molecule has 2 saturated heterocycles. The molecule has 2 saturated carbocycles. The number of hydrogen-bond acceptors (Lipinski definition) is 6. The zero-order chi connectivity index (χ0) is 20.8. The fourth-order valence-corrected chi connectivity index (χ4v) is 7.17. The summed E-state index contributed by atoms with van der Waals surface area (Å²) in [6.07, 6.45) is 6.70. The van der Waals surface area contributed by atoms with Crippen molar-refractivity contribution in [2.75, 3.05) is 39.3 Å². The van der Waals surface area contributed by atoms with E-state index in [4.69, 9.17) is 14.3 Å². The van der Waals surface area contributed by atoms with Crippen LogP contribution in [-0.2, 0) is 20.5 Å². The molecule has 3 heterocycles. The normalized spacial score (nSPS) is 31.3. The molecular weight excluding hydrogens is 406 g/mol. The number of nitrogens with zero attached hydrogens (tertiary/aromatic N) is 4. The predicted molar refractivity (Wildman–Crippen MR) is 111 cm³/mol. The van der Waals surface area contributed by atoms with Crippen LogP contribution in [0.3, 0.4) is 0 Å². The monoisotopic (exact) mass is 437 g/mol. The Labute approximate surface area is 177 Å². The zero-order valence-electron chi connectivity index (χ0n) is 17.5. The van der Waals surface area contributed by atoms with Crippen LogP contribution in [0.15, 0.2) is 21.8 Å². The van der Waals surface area contributed by atoms with Crippen LogP contribution >= 0.6 is 0 Å². The maximum atomic E-state index is 12.7. The number of aliphatic imine (C=N–C) groups is 1. The van der Waals surface area contributed by atoms with E-state index < -0.39 is 10.0 Å². The highest BCUT2D eigenvalue weighted by Crippen LogP contribution is 2.62. The van der Waals surface area contributed by atoms with Crippen molar-refractivity contribution in [3.05, 3.63) is 18.0 Å². The third-order valence-electron chi connectivity index (χ3n) is 7.38. The van der Waals surface area contributed by atoms with E-state index in [9.17, 15) is 8.42 Å². The van der Waals surface area contributed by atoms with E-state index in [0.717, 1.165) is 19.0 Å². The van der Waals surface area contributed by atoms with Gasteiger partial charge in [0.1, 0.15) is 12.0 Å². The van der Waals surface area contributed by atoms with Crippen molar-refractivity contribution < 1.29 is 17.7 Å². The molecule has 9 nitrogen and oxygen atoms in total. The molecule has 166 valence electrons. The van der Waals surface area contributed by atoms with E-state index >= 15 is 0 Å². The highest BCUT2D eigenvalue weighted by molar-refractivity contribution is 7.88. The van der Waals surface area contributed by atoms with Crippen molar-refractivity contribution in [3.8, 4) is 0 Å². The Morgan fingerprint density at radius 1 is 1.33 bits per heavy atom. The molecule has 5 rings (SSSR count). The Bertz CT molecular complexity index is 875. The van der Waals surface area contributed by atoms with Crippen molar-refractivity contribution in [2.45, 2.75) is 50.5 Å². The summed E-state index contributed by atoms with van der Waals surface area (Å²) in [6, 6.07) is 2.02. The highest BCUT2D eigenvalue weighted by atomic mass is 32.2. The van der Waals surface area contributed by atoms with E-state index in [2.05, 4.69) is 15.4 Å². The van der Waals surface area contributed by atoms with E-state index in [1.165, 1.54) is 25.5 Å². The lowest BCUT2D eigenvalue weighted by Gasteiger charge is -2.63. The van der Waals surface area contributed by atoms with Crippen LogP contribution in [0.4, 0.5) is 0 Å². The van der Waals surface area contributed by atoms with Crippen LogP contribution in [0.5, 0.6) is 0 Å². The highest BCUT2D eigenvalue weighted by Gasteiger charge is 2.66. The van der Waals surface area contributed by atoms with E-state index in [1.807, 2.05) is 6.92 Å². The molecule has 2 aliphatic heterocycles. The van der Waals surface area contributed by atoms with Gasteiger partial charge in [0.15, 0.2) is 5.96 Å². The Balaban J connectivity index is 1.22. The van der Waals surface area contributed by atoms with Gasteiger partial charge in [0.05, 0.1) is 11.8 Å². The van der Waals surface area contributed by atoms with Crippen LogP contribution in [0.25, 0.3) is 0 Å². The molecule has 30 heavy (non-hydrogen) atoms. The van der Waals surface area contributed by atoms with Gasteiger partial charge < -0.3 is 19.5 Å². The van der Waals surface area contributed by atoms with Crippen LogP contribution in [0, 0.1) is 11.3 Å². The molecule has 0 amide bonds. The minimum Gasteiger partial charge on any atom is -0.377 e. The molecule has 1 aromatic heterocycles. The lowest BCUT2D eigenvalue weighted by Crippen LogP contribution is -2.73. The van der Waals surface area contributed by atoms with Gasteiger partial charge in [-0.2, -0.15) is 4.31 Å². The van der Waals surface area contributed by atoms with Gasteiger partial charge in [0.25, 0.3) is 0 Å². The number of hydrogen-bond donors (Lipinski definition) is 1. The van der Waals surface area contributed by atoms with Gasteiger partial charge in [-0.25, -0.2) is 8.42 Å². The summed E-state index contributed by atoms with van der Waals surface area (Å²) in [7, 11) is -3.40. The van der Waals surface area contributed by atoms with Crippen molar-refractivity contribution in [3.63, 3.8) is 0 Å². The molecule has 4 aliphatic rings. The van der Waals surface area contributed by atoms with Crippen molar-refractivity contribution in [1.29, 1.82) is 0 Å². The molecule has 0 radical (unpaired) electrons. The zero-order valence-corrected chi connectivity index (χ0v) is 18.3. The van der Waals surface area contributed by atoms with Crippen molar-refractivity contribution in [1.82, 2.24) is 19.7 Å². The fourth-order valence-electron chi connectivity index (χ4n) is 5.75. The molecule has 10 heteroatoms. The van der Waals surface area contributed by atoms with E-state index in [0.29, 0.717) is 61.9 Å². The molecule has 1 N–H and O–H groups in total. The van der Waals surface area contributed by atoms with Gasteiger partial charge in [-0.05, 0) is 26.2 Å². The first-order chi connectivity index (χ1) is 14.5. The average molecular weight is 438 g/mol. The molecule has 2 aliphatic carbocycles. The molecule has 4 fully saturated rings. The van der Waals surface area contributed by atoms with Crippen LogP contribution in [0.1, 0.15) is 38.3 Å². The predicted octanol–water partition coefficient (Wildman–Crippen LogP) is 1.05. The van der Waals surface area contributed by atoms with Gasteiger partial charge in [0, 0.05) is 62.8 Å². The molecule has 0 bridgehead atoms. The lowest BCUT2D eigenvalue weighted by molar-refractivity contribution is -0.171. The fraction of sp³-hybridized carbons (Fsp3) is 0.800. The van der Waals surface area contributed by atoms with Gasteiger partial charge in [0.2, 0.25) is 10.0 Å². The Morgan fingerprint density at radius 3 is 2.77 bits per heavy atom. The summed E-state index contributed by atoms with van der Waals surface area (Å²) in [5, 5.41) is 7.52. The van der Waals surface area contributed by atoms with Crippen molar-refractivity contribution in [2.24, 2.45) is 16.3 Å². The maximum absolute atomic E-state index is 12.7. The lowest BCUT2D eigenvalue weighted by atomic mass is 9.46. The van der Waals surface area contributed by atoms with Gasteiger partial charge >= 0.3 is 0 Å². The number of rotatable bonds is 5. The molecule has 1 spiro atoms. The first-order valence-electron chi connectivity index (χ1n) is 11.1. The number of fused-ring (bicyclic) bond motifs is 2. The summed E-state index contributed by atoms with van der Waals surface area (Å²) >= 11 is 0. The SMILES string of the molecule is CCN=C(NC1C2CCOC2C12CCC2)N1CCN(S(=O)(=O)Cc2ccon2)CC1. The van der Waals surface area contributed by atoms with Gasteiger partial charge in [-0.15, -0.1) is 0 Å². The molecule has 1 aromatic rings. The summed E-state index contributed by atoms with van der Waals surface area (Å²) in [5.41, 5.74) is 0.731. The van der Waals surface area contributed by atoms with Gasteiger partial charge in [-0.1, -0.05) is 11.6 Å². The van der Waals surface area contributed by atoms with Gasteiger partial charge in [-0.3, -0.25) is 4.99 Å². The van der Waals surface area contributed by atoms with Crippen LogP contribution in [0.2, 0.25) is 0 Å². The number of guanidine groups is 1. The first kappa shape index (κ1) is 20.3.